The summed E-state index contributed by atoms with van der Waals surface area (Å²) in [7, 11) is 5.92. The second kappa shape index (κ2) is 6.11. The zero-order valence-corrected chi connectivity index (χ0v) is 9.09. The van der Waals surface area contributed by atoms with Crippen LogP contribution in [0.15, 0.2) is 48.5 Å². The zero-order chi connectivity index (χ0) is 9.97. The van der Waals surface area contributed by atoms with E-state index in [2.05, 4.69) is 25.1 Å². The Hall–Kier alpha value is -1.58. The van der Waals surface area contributed by atoms with Gasteiger partial charge in [0.25, 0.3) is 0 Å². The average molecular weight is 212 g/mol. The van der Waals surface area contributed by atoms with Gasteiger partial charge in [-0.1, -0.05) is 0 Å². The molecule has 0 amide bonds. The van der Waals surface area contributed by atoms with Crippen LogP contribution in [0, 0.1) is 6.92 Å². The summed E-state index contributed by atoms with van der Waals surface area (Å²) in [5, 5.41) is 0. The molecule has 0 aliphatic carbocycles. The first-order valence-corrected chi connectivity index (χ1v) is 4.69. The third kappa shape index (κ3) is 2.72. The number of aryl methyl sites for hydroxylation is 1. The monoisotopic (exact) mass is 212 g/mol. The van der Waals surface area contributed by atoms with Gasteiger partial charge in [-0.15, -0.1) is 0 Å². The third-order valence-electron chi connectivity index (χ3n) is 2.40. The van der Waals surface area contributed by atoms with E-state index in [9.17, 15) is 0 Å². The van der Waals surface area contributed by atoms with Crippen LogP contribution in [0.2, 0.25) is 0 Å². The van der Waals surface area contributed by atoms with Crippen molar-refractivity contribution < 1.29 is 11.0 Å². The van der Waals surface area contributed by atoms with Crippen LogP contribution in [0.5, 0.6) is 0 Å². The number of hydrogen-bond acceptors (Lipinski definition) is 2. The van der Waals surface area contributed by atoms with Crippen molar-refractivity contribution in [3.05, 3.63) is 54.1 Å². The van der Waals surface area contributed by atoms with E-state index in [1.165, 1.54) is 11.1 Å². The predicted octanol–water partition coefficient (Wildman–Crippen LogP) is 2.10. The predicted molar refractivity (Wildman–Crippen MR) is 65.9 cm³/mol. The molecular weight excluding hydrogens is 199 g/mol. The summed E-state index contributed by atoms with van der Waals surface area (Å²) in [5.74, 6) is 0. The van der Waals surface area contributed by atoms with Crippen LogP contribution in [0.4, 0.5) is 0 Å². The van der Waals surface area contributed by atoms with Gasteiger partial charge in [0.2, 0.25) is 0 Å². The summed E-state index contributed by atoms with van der Waals surface area (Å²) in [6.45, 7) is 2.10. The SMILES string of the molecule is [B+2]c1ccccc1-c1ccccc1C.[OH-].[OH-]. The Morgan fingerprint density at radius 2 is 1.25 bits per heavy atom. The summed E-state index contributed by atoms with van der Waals surface area (Å²) in [6.07, 6.45) is 0. The summed E-state index contributed by atoms with van der Waals surface area (Å²) in [6, 6.07) is 16.2. The first-order valence-electron chi connectivity index (χ1n) is 4.69. The van der Waals surface area contributed by atoms with E-state index in [1.54, 1.807) is 0 Å². The Morgan fingerprint density at radius 3 is 1.81 bits per heavy atom. The minimum Gasteiger partial charge on any atom is -0.870 e. The van der Waals surface area contributed by atoms with Gasteiger partial charge in [-0.25, -0.2) is 0 Å². The topological polar surface area (TPSA) is 60.0 Å². The fourth-order valence-electron chi connectivity index (χ4n) is 1.62. The van der Waals surface area contributed by atoms with Crippen molar-refractivity contribution in [2.24, 2.45) is 0 Å². The molecule has 3 heteroatoms. The summed E-state index contributed by atoms with van der Waals surface area (Å²) in [5.41, 5.74) is 4.42. The molecule has 0 saturated heterocycles. The fourth-order valence-corrected chi connectivity index (χ4v) is 1.62. The quantitative estimate of drug-likeness (QED) is 0.679. The van der Waals surface area contributed by atoms with Gasteiger partial charge in [-0.05, 0) is 0 Å². The molecular formula is C13H13BO2. The van der Waals surface area contributed by atoms with E-state index in [0.29, 0.717) is 0 Å². The Kier molecular flexibility index (Phi) is 5.50. The van der Waals surface area contributed by atoms with Gasteiger partial charge in [-0.3, -0.25) is 0 Å². The van der Waals surface area contributed by atoms with Crippen LogP contribution in [0.3, 0.4) is 0 Å². The molecule has 0 aromatic heterocycles. The largest absolute Gasteiger partial charge is 0.870 e. The summed E-state index contributed by atoms with van der Waals surface area (Å²) < 4.78 is 0. The molecule has 2 rings (SSSR count). The molecule has 0 atom stereocenters. The molecule has 16 heavy (non-hydrogen) atoms. The molecule has 2 aromatic rings. The molecule has 0 aliphatic rings. The molecule has 2 N–H and O–H groups in total. The molecule has 80 valence electrons. The second-order valence-electron chi connectivity index (χ2n) is 3.40. The van der Waals surface area contributed by atoms with Crippen molar-refractivity contribution in [3.63, 3.8) is 0 Å². The Bertz CT molecular complexity index is 412. The maximum atomic E-state index is 5.92. The molecule has 0 heterocycles. The van der Waals surface area contributed by atoms with Crippen LogP contribution < -0.4 is 5.46 Å². The standard InChI is InChI=1S/C13H11B.2H2O/c1-10-6-2-3-7-11(10)12-8-4-5-9-13(12)14;;/h2-9H,1H3;2*1H2/q+2;;/p-2. The van der Waals surface area contributed by atoms with Crippen LogP contribution in [0.25, 0.3) is 11.1 Å². The van der Waals surface area contributed by atoms with Crippen molar-refractivity contribution in [3.8, 4) is 11.1 Å². The van der Waals surface area contributed by atoms with Gasteiger partial charge in [0.1, 0.15) is 0 Å². The van der Waals surface area contributed by atoms with E-state index in [0.717, 1.165) is 11.0 Å². The van der Waals surface area contributed by atoms with E-state index >= 15 is 0 Å². The Labute approximate surface area is 97.0 Å². The van der Waals surface area contributed by atoms with Crippen molar-refractivity contribution >= 4 is 13.3 Å². The van der Waals surface area contributed by atoms with Gasteiger partial charge in [0, 0.05) is 0 Å². The molecule has 2 aromatic carbocycles. The molecule has 0 unspecified atom stereocenters. The van der Waals surface area contributed by atoms with Crippen molar-refractivity contribution in [2.45, 2.75) is 6.92 Å². The molecule has 0 saturated carbocycles. The van der Waals surface area contributed by atoms with Gasteiger partial charge in [-0.2, -0.15) is 0 Å². The number of benzene rings is 2. The number of rotatable bonds is 1. The number of hydrogen-bond donors (Lipinski definition) is 0. The summed E-state index contributed by atoms with van der Waals surface area (Å²) in [4.78, 5) is 0. The normalized spacial score (nSPS) is 8.94. The molecule has 0 fully saturated rings. The van der Waals surface area contributed by atoms with Crippen LogP contribution in [0.1, 0.15) is 5.56 Å². The van der Waals surface area contributed by atoms with E-state index < -0.39 is 0 Å². The third-order valence-corrected chi connectivity index (χ3v) is 2.40. The van der Waals surface area contributed by atoms with Crippen LogP contribution in [-0.2, 0) is 0 Å². The first kappa shape index (κ1) is 14.4. The van der Waals surface area contributed by atoms with E-state index in [-0.39, 0.29) is 11.0 Å². The van der Waals surface area contributed by atoms with E-state index in [4.69, 9.17) is 7.85 Å². The molecule has 2 nitrogen and oxygen atoms in total. The van der Waals surface area contributed by atoms with Crippen molar-refractivity contribution in [1.29, 1.82) is 0 Å². The van der Waals surface area contributed by atoms with Gasteiger partial charge in [0.15, 0.2) is 0 Å². The molecule has 0 aliphatic heterocycles. The van der Waals surface area contributed by atoms with Crippen molar-refractivity contribution in [1.82, 2.24) is 0 Å². The molecule has 0 bridgehead atoms. The Balaban J connectivity index is 0.00000112. The summed E-state index contributed by atoms with van der Waals surface area (Å²) >= 11 is 0. The zero-order valence-electron chi connectivity index (χ0n) is 9.09. The minimum atomic E-state index is 0. The first-order chi connectivity index (χ1) is 6.79. The van der Waals surface area contributed by atoms with Crippen molar-refractivity contribution in [2.75, 3.05) is 0 Å². The van der Waals surface area contributed by atoms with Gasteiger partial charge >= 0.3 is 85.5 Å². The van der Waals surface area contributed by atoms with Gasteiger partial charge in [0.05, 0.1) is 0 Å². The van der Waals surface area contributed by atoms with E-state index in [1.807, 2.05) is 30.3 Å². The smallest absolute Gasteiger partial charge is 0.870 e. The van der Waals surface area contributed by atoms with Crippen LogP contribution in [-0.4, -0.2) is 18.8 Å². The van der Waals surface area contributed by atoms with Gasteiger partial charge < -0.3 is 11.0 Å². The molecule has 0 radical (unpaired) electrons. The second-order valence-corrected chi connectivity index (χ2v) is 3.40. The average Bonchev–Trinajstić information content (AvgIpc) is 2.20. The minimum absolute atomic E-state index is 0. The maximum absolute atomic E-state index is 5.92. The maximum Gasteiger partial charge on any atom is -0.870 e. The molecule has 0 spiro atoms. The van der Waals surface area contributed by atoms with Crippen LogP contribution >= 0.6 is 0 Å². The Morgan fingerprint density at radius 1 is 0.750 bits per heavy atom. The fraction of sp³-hybridized carbons (Fsp3) is 0.0769.